The van der Waals surface area contributed by atoms with E-state index < -0.39 is 0 Å². The zero-order chi connectivity index (χ0) is 14.7. The van der Waals surface area contributed by atoms with Crippen molar-refractivity contribution in [2.24, 2.45) is 0 Å². The van der Waals surface area contributed by atoms with Crippen molar-refractivity contribution in [3.63, 3.8) is 0 Å². The summed E-state index contributed by atoms with van der Waals surface area (Å²) in [6, 6.07) is 18.3. The lowest BCUT2D eigenvalue weighted by atomic mass is 9.88. The Kier molecular flexibility index (Phi) is 7.69. The lowest BCUT2D eigenvalue weighted by Crippen LogP contribution is -2.42. The molecule has 0 bridgehead atoms. The highest BCUT2D eigenvalue weighted by molar-refractivity contribution is 5.85. The number of hydrogen-bond donors (Lipinski definition) is 1. The van der Waals surface area contributed by atoms with Gasteiger partial charge in [0.1, 0.15) is 11.9 Å². The molecule has 0 unspecified atom stereocenters. The molecule has 126 valence electrons. The van der Waals surface area contributed by atoms with Gasteiger partial charge >= 0.3 is 0 Å². The fraction of sp³-hybridized carbons (Fsp3) is 0.333. The summed E-state index contributed by atoms with van der Waals surface area (Å²) in [6.45, 7) is 2.10. The first-order valence-corrected chi connectivity index (χ1v) is 7.48. The van der Waals surface area contributed by atoms with Gasteiger partial charge in [0.2, 0.25) is 0 Å². The Morgan fingerprint density at radius 2 is 1.65 bits per heavy atom. The van der Waals surface area contributed by atoms with Crippen molar-refractivity contribution in [2.45, 2.75) is 18.4 Å². The number of likely N-dealkylation sites (N-methyl/N-ethyl adjacent to an activating group) is 1. The van der Waals surface area contributed by atoms with Crippen LogP contribution in [-0.2, 0) is 0 Å². The topological polar surface area (TPSA) is 38.5 Å². The lowest BCUT2D eigenvalue weighted by molar-refractivity contribution is 0.0902. The summed E-state index contributed by atoms with van der Waals surface area (Å²) in [5.41, 5.74) is 7.85. The molecule has 1 fully saturated rings. The van der Waals surface area contributed by atoms with E-state index in [0.29, 0.717) is 5.92 Å². The molecular weight excluding hydrogens is 331 g/mol. The van der Waals surface area contributed by atoms with E-state index in [1.807, 2.05) is 24.3 Å². The number of nitrogens with two attached hydrogens (primary N) is 1. The molecule has 1 aliphatic heterocycles. The fourth-order valence-corrected chi connectivity index (χ4v) is 2.98. The van der Waals surface area contributed by atoms with Gasteiger partial charge in [-0.1, -0.05) is 30.3 Å². The average molecular weight is 355 g/mol. The van der Waals surface area contributed by atoms with Crippen LogP contribution in [0.15, 0.2) is 54.6 Å². The van der Waals surface area contributed by atoms with Crippen LogP contribution in [0.2, 0.25) is 0 Å². The third kappa shape index (κ3) is 5.03. The molecule has 0 aliphatic carbocycles. The first kappa shape index (κ1) is 19.6. The summed E-state index contributed by atoms with van der Waals surface area (Å²) >= 11 is 0. The van der Waals surface area contributed by atoms with Crippen molar-refractivity contribution >= 4 is 30.5 Å². The van der Waals surface area contributed by atoms with E-state index in [2.05, 4.69) is 42.3 Å². The highest BCUT2D eigenvalue weighted by Crippen LogP contribution is 2.30. The van der Waals surface area contributed by atoms with Gasteiger partial charge in [0.25, 0.3) is 0 Å². The van der Waals surface area contributed by atoms with Crippen LogP contribution in [-0.4, -0.2) is 31.1 Å². The minimum absolute atomic E-state index is 0. The molecule has 2 aromatic rings. The third-order valence-corrected chi connectivity index (χ3v) is 4.15. The Morgan fingerprint density at radius 1 is 1.00 bits per heavy atom. The van der Waals surface area contributed by atoms with E-state index in [1.165, 1.54) is 5.56 Å². The van der Waals surface area contributed by atoms with Crippen LogP contribution < -0.4 is 10.5 Å². The van der Waals surface area contributed by atoms with Gasteiger partial charge in [0.15, 0.2) is 0 Å². The van der Waals surface area contributed by atoms with Crippen LogP contribution in [0.3, 0.4) is 0 Å². The predicted octanol–water partition coefficient (Wildman–Crippen LogP) is 3.98. The molecule has 0 aromatic heterocycles. The average Bonchev–Trinajstić information content (AvgIpc) is 2.52. The highest BCUT2D eigenvalue weighted by Gasteiger charge is 2.30. The standard InChI is InChI=1S/C18H22N2O.2ClH/c1-20-12-11-18(21-16-9-7-15(19)8-10-16)17(13-20)14-5-3-2-4-6-14;;/h2-10,17-18H,11-13,19H2,1H3;2*1H/t17-,18-;;/m1../s1. The molecule has 2 aromatic carbocycles. The van der Waals surface area contributed by atoms with Gasteiger partial charge in [-0.05, 0) is 43.3 Å². The summed E-state index contributed by atoms with van der Waals surface area (Å²) in [6.07, 6.45) is 1.26. The molecule has 3 rings (SSSR count). The maximum Gasteiger partial charge on any atom is 0.119 e. The van der Waals surface area contributed by atoms with Gasteiger partial charge in [0, 0.05) is 24.7 Å². The van der Waals surface area contributed by atoms with E-state index in [9.17, 15) is 0 Å². The van der Waals surface area contributed by atoms with Crippen LogP contribution in [0.1, 0.15) is 17.9 Å². The molecule has 1 aliphatic rings. The van der Waals surface area contributed by atoms with Crippen molar-refractivity contribution in [2.75, 3.05) is 25.9 Å². The number of benzene rings is 2. The first-order valence-electron chi connectivity index (χ1n) is 7.48. The minimum atomic E-state index is 0. The lowest BCUT2D eigenvalue weighted by Gasteiger charge is -2.37. The van der Waals surface area contributed by atoms with Gasteiger partial charge in [-0.2, -0.15) is 0 Å². The summed E-state index contributed by atoms with van der Waals surface area (Å²) in [4.78, 5) is 2.38. The molecule has 2 N–H and O–H groups in total. The Morgan fingerprint density at radius 3 is 2.30 bits per heavy atom. The van der Waals surface area contributed by atoms with Crippen LogP contribution in [0.25, 0.3) is 0 Å². The molecule has 3 nitrogen and oxygen atoms in total. The fourth-order valence-electron chi connectivity index (χ4n) is 2.98. The number of rotatable bonds is 3. The van der Waals surface area contributed by atoms with Crippen molar-refractivity contribution < 1.29 is 4.74 Å². The quantitative estimate of drug-likeness (QED) is 0.847. The SMILES string of the molecule is CN1CC[C@@H](Oc2ccc(N)cc2)[C@@H](c2ccccc2)C1.Cl.Cl. The maximum absolute atomic E-state index is 6.24. The molecule has 5 heteroatoms. The molecule has 0 saturated carbocycles. The number of nitrogens with zero attached hydrogens (tertiary/aromatic N) is 1. The zero-order valence-corrected chi connectivity index (χ0v) is 14.9. The van der Waals surface area contributed by atoms with Crippen molar-refractivity contribution in [1.29, 1.82) is 0 Å². The number of hydrogen-bond acceptors (Lipinski definition) is 3. The van der Waals surface area contributed by atoms with Crippen LogP contribution in [0.4, 0.5) is 5.69 Å². The normalized spacial score (nSPS) is 20.9. The number of nitrogen functional groups attached to an aromatic ring is 1. The molecular formula is C18H24Cl2N2O. The number of anilines is 1. The van der Waals surface area contributed by atoms with Crippen LogP contribution in [0.5, 0.6) is 5.75 Å². The monoisotopic (exact) mass is 354 g/mol. The van der Waals surface area contributed by atoms with E-state index in [-0.39, 0.29) is 30.9 Å². The van der Waals surface area contributed by atoms with E-state index in [0.717, 1.165) is 30.9 Å². The van der Waals surface area contributed by atoms with E-state index in [4.69, 9.17) is 10.5 Å². The summed E-state index contributed by atoms with van der Waals surface area (Å²) in [7, 11) is 2.18. The second-order valence-electron chi connectivity index (χ2n) is 5.79. The number of halogens is 2. The zero-order valence-electron chi connectivity index (χ0n) is 13.2. The molecule has 23 heavy (non-hydrogen) atoms. The largest absolute Gasteiger partial charge is 0.490 e. The second-order valence-corrected chi connectivity index (χ2v) is 5.79. The van der Waals surface area contributed by atoms with Gasteiger partial charge in [-0.15, -0.1) is 24.8 Å². The molecule has 0 amide bonds. The molecule has 0 radical (unpaired) electrons. The summed E-state index contributed by atoms with van der Waals surface area (Å²) in [5, 5.41) is 0. The van der Waals surface area contributed by atoms with Gasteiger partial charge in [0.05, 0.1) is 0 Å². The molecule has 1 heterocycles. The van der Waals surface area contributed by atoms with Gasteiger partial charge < -0.3 is 15.4 Å². The van der Waals surface area contributed by atoms with Crippen molar-refractivity contribution in [1.82, 2.24) is 4.90 Å². The number of likely N-dealkylation sites (tertiary alicyclic amines) is 1. The second kappa shape index (κ2) is 9.02. The van der Waals surface area contributed by atoms with E-state index in [1.54, 1.807) is 0 Å². The van der Waals surface area contributed by atoms with Crippen molar-refractivity contribution in [3.8, 4) is 5.75 Å². The highest BCUT2D eigenvalue weighted by atomic mass is 35.5. The first-order chi connectivity index (χ1) is 10.2. The Hall–Kier alpha value is -1.42. The molecule has 0 spiro atoms. The van der Waals surface area contributed by atoms with Crippen LogP contribution in [0, 0.1) is 0 Å². The number of ether oxygens (including phenoxy) is 1. The van der Waals surface area contributed by atoms with Crippen molar-refractivity contribution in [3.05, 3.63) is 60.2 Å². The number of piperidine rings is 1. The maximum atomic E-state index is 6.24. The predicted molar refractivity (Wildman–Crippen MR) is 101 cm³/mol. The smallest absolute Gasteiger partial charge is 0.119 e. The van der Waals surface area contributed by atoms with Gasteiger partial charge in [-0.25, -0.2) is 0 Å². The van der Waals surface area contributed by atoms with Crippen LogP contribution >= 0.6 is 24.8 Å². The minimum Gasteiger partial charge on any atom is -0.490 e. The Balaban J connectivity index is 0.00000132. The van der Waals surface area contributed by atoms with Gasteiger partial charge in [-0.3, -0.25) is 0 Å². The molecule has 2 atom stereocenters. The Bertz CT molecular complexity index is 577. The summed E-state index contributed by atoms with van der Waals surface area (Å²) < 4.78 is 6.24. The summed E-state index contributed by atoms with van der Waals surface area (Å²) in [5.74, 6) is 1.31. The third-order valence-electron chi connectivity index (χ3n) is 4.15. The molecule has 1 saturated heterocycles. The van der Waals surface area contributed by atoms with E-state index >= 15 is 0 Å². The Labute approximate surface area is 150 Å².